The molecule has 0 rings (SSSR count). The molecule has 0 amide bonds. The van der Waals surface area contributed by atoms with Crippen molar-refractivity contribution in [3.8, 4) is 0 Å². The van der Waals surface area contributed by atoms with E-state index in [1.807, 2.05) is 0 Å². The Balaban J connectivity index is 3.78. The van der Waals surface area contributed by atoms with Gasteiger partial charge in [0, 0.05) is 0 Å². The second kappa shape index (κ2) is 13.8. The standard InChI is InChI=1S/C20H30S2/c1-17(2)9-7-11-19(5)13-15-21-22-16-14-20(6)12-8-10-18(3)4/h9-10,13-16H,5-8,11-12H2,1-4H3. The molecule has 2 heteroatoms. The Bertz CT molecular complexity index is 410. The zero-order valence-electron chi connectivity index (χ0n) is 14.5. The van der Waals surface area contributed by atoms with E-state index in [4.69, 9.17) is 0 Å². The van der Waals surface area contributed by atoms with Crippen molar-refractivity contribution in [2.75, 3.05) is 0 Å². The number of hydrogen-bond donors (Lipinski definition) is 0. The Morgan fingerprint density at radius 2 is 1.09 bits per heavy atom. The lowest BCUT2D eigenvalue weighted by molar-refractivity contribution is 0.999. The summed E-state index contributed by atoms with van der Waals surface area (Å²) in [5.41, 5.74) is 5.11. The second-order valence-electron chi connectivity index (χ2n) is 5.75. The lowest BCUT2D eigenvalue weighted by Gasteiger charge is -1.97. The smallest absolute Gasteiger partial charge is 0.0176 e. The van der Waals surface area contributed by atoms with Gasteiger partial charge in [0.05, 0.1) is 0 Å². The molecule has 0 nitrogen and oxygen atoms in total. The van der Waals surface area contributed by atoms with Crippen LogP contribution < -0.4 is 0 Å². The van der Waals surface area contributed by atoms with Crippen molar-refractivity contribution in [2.24, 2.45) is 0 Å². The molecule has 0 spiro atoms. The first-order valence-corrected chi connectivity index (χ1v) is 9.97. The molecule has 0 N–H and O–H groups in total. The van der Waals surface area contributed by atoms with Gasteiger partial charge in [0.25, 0.3) is 0 Å². The molecule has 0 unspecified atom stereocenters. The summed E-state index contributed by atoms with van der Waals surface area (Å²) in [5.74, 6) is 0. The Hall–Kier alpha value is -0.860. The maximum atomic E-state index is 4.07. The van der Waals surface area contributed by atoms with Crippen molar-refractivity contribution in [2.45, 2.75) is 53.4 Å². The lowest BCUT2D eigenvalue weighted by Crippen LogP contribution is -1.75. The van der Waals surface area contributed by atoms with Crippen LogP contribution >= 0.6 is 21.6 Å². The van der Waals surface area contributed by atoms with Gasteiger partial charge in [0.15, 0.2) is 0 Å². The van der Waals surface area contributed by atoms with E-state index in [-0.39, 0.29) is 0 Å². The maximum absolute atomic E-state index is 4.07. The van der Waals surface area contributed by atoms with Crippen molar-refractivity contribution in [1.29, 1.82) is 0 Å². The molecule has 0 aromatic rings. The van der Waals surface area contributed by atoms with Crippen LogP contribution in [0.5, 0.6) is 0 Å². The van der Waals surface area contributed by atoms with Gasteiger partial charge in [-0.3, -0.25) is 0 Å². The van der Waals surface area contributed by atoms with Crippen LogP contribution in [0, 0.1) is 0 Å². The molecule has 0 radical (unpaired) electrons. The van der Waals surface area contributed by atoms with Gasteiger partial charge in [-0.2, -0.15) is 0 Å². The number of rotatable bonds is 11. The third-order valence-electron chi connectivity index (χ3n) is 2.81. The Morgan fingerprint density at radius 1 is 0.727 bits per heavy atom. The van der Waals surface area contributed by atoms with Gasteiger partial charge in [-0.05, 0) is 64.2 Å². The van der Waals surface area contributed by atoms with Crippen LogP contribution in [0.4, 0.5) is 0 Å². The van der Waals surface area contributed by atoms with Crippen LogP contribution in [0.25, 0.3) is 0 Å². The molecule has 0 saturated heterocycles. The van der Waals surface area contributed by atoms with Crippen LogP contribution in [0.1, 0.15) is 53.4 Å². The third kappa shape index (κ3) is 15.5. The van der Waals surface area contributed by atoms with Crippen LogP contribution in [-0.2, 0) is 0 Å². The topological polar surface area (TPSA) is 0 Å². The van der Waals surface area contributed by atoms with E-state index >= 15 is 0 Å². The molecule has 0 aliphatic heterocycles. The normalized spacial score (nSPS) is 10.9. The summed E-state index contributed by atoms with van der Waals surface area (Å²) in [6.07, 6.45) is 12.9. The van der Waals surface area contributed by atoms with E-state index in [0.29, 0.717) is 0 Å². The van der Waals surface area contributed by atoms with Crippen molar-refractivity contribution in [1.82, 2.24) is 0 Å². The van der Waals surface area contributed by atoms with E-state index in [0.717, 1.165) is 25.7 Å². The maximum Gasteiger partial charge on any atom is -0.0176 e. The summed E-state index contributed by atoms with van der Waals surface area (Å²) in [4.78, 5) is 0. The Morgan fingerprint density at radius 3 is 1.41 bits per heavy atom. The molecular weight excluding hydrogens is 304 g/mol. The van der Waals surface area contributed by atoms with E-state index in [2.05, 4.69) is 76.0 Å². The molecule has 0 aromatic carbocycles. The largest absolute Gasteiger partial charge is 0.0958 e. The molecule has 22 heavy (non-hydrogen) atoms. The minimum Gasteiger partial charge on any atom is -0.0958 e. The fourth-order valence-electron chi connectivity index (χ4n) is 1.57. The molecule has 0 heterocycles. The molecule has 0 aliphatic carbocycles. The monoisotopic (exact) mass is 334 g/mol. The predicted molar refractivity (Wildman–Crippen MR) is 109 cm³/mol. The Kier molecular flexibility index (Phi) is 13.2. The van der Waals surface area contributed by atoms with Gasteiger partial charge in [-0.25, -0.2) is 0 Å². The van der Waals surface area contributed by atoms with Crippen LogP contribution in [0.15, 0.2) is 70.6 Å². The summed E-state index contributed by atoms with van der Waals surface area (Å²) in [7, 11) is 3.42. The summed E-state index contributed by atoms with van der Waals surface area (Å²) in [6, 6.07) is 0. The van der Waals surface area contributed by atoms with Gasteiger partial charge in [0.2, 0.25) is 0 Å². The molecular formula is C20H30S2. The highest BCUT2D eigenvalue weighted by molar-refractivity contribution is 8.78. The zero-order chi connectivity index (χ0) is 16.8. The van der Waals surface area contributed by atoms with Gasteiger partial charge in [0.1, 0.15) is 0 Å². The third-order valence-corrected chi connectivity index (χ3v) is 4.42. The summed E-state index contributed by atoms with van der Waals surface area (Å²) < 4.78 is 0. The average molecular weight is 335 g/mol. The fourth-order valence-corrected chi connectivity index (χ4v) is 2.91. The van der Waals surface area contributed by atoms with Gasteiger partial charge in [-0.1, -0.05) is 81.3 Å². The number of hydrogen-bond acceptors (Lipinski definition) is 2. The first-order chi connectivity index (χ1) is 10.4. The first-order valence-electron chi connectivity index (χ1n) is 7.69. The molecule has 0 aliphatic rings. The van der Waals surface area contributed by atoms with Crippen molar-refractivity contribution in [3.05, 3.63) is 70.6 Å². The number of allylic oxidation sites excluding steroid dienone is 8. The fraction of sp³-hybridized carbons (Fsp3) is 0.400. The van der Waals surface area contributed by atoms with E-state index in [1.54, 1.807) is 21.6 Å². The predicted octanol–water partition coefficient (Wildman–Crippen LogP) is 8.00. The van der Waals surface area contributed by atoms with Gasteiger partial charge < -0.3 is 0 Å². The second-order valence-corrected chi connectivity index (χ2v) is 7.84. The highest BCUT2D eigenvalue weighted by Crippen LogP contribution is 2.25. The highest BCUT2D eigenvalue weighted by atomic mass is 33.1. The van der Waals surface area contributed by atoms with Crippen LogP contribution in [-0.4, -0.2) is 0 Å². The summed E-state index contributed by atoms with van der Waals surface area (Å²) in [6.45, 7) is 16.7. The van der Waals surface area contributed by atoms with Crippen LogP contribution in [0.3, 0.4) is 0 Å². The minimum atomic E-state index is 1.03. The summed E-state index contributed by atoms with van der Waals surface area (Å²) in [5, 5.41) is 4.21. The Labute approximate surface area is 145 Å². The molecule has 0 saturated carbocycles. The van der Waals surface area contributed by atoms with E-state index < -0.39 is 0 Å². The molecule has 122 valence electrons. The van der Waals surface area contributed by atoms with Gasteiger partial charge in [-0.15, -0.1) is 0 Å². The average Bonchev–Trinajstić information content (AvgIpc) is 2.41. The van der Waals surface area contributed by atoms with Crippen molar-refractivity contribution < 1.29 is 0 Å². The SMILES string of the molecule is C=C(C=CSSC=CC(=C)CCC=C(C)C)CCC=C(C)C. The molecule has 0 bridgehead atoms. The minimum absolute atomic E-state index is 1.03. The zero-order valence-corrected chi connectivity index (χ0v) is 16.2. The quantitative estimate of drug-likeness (QED) is 0.162. The van der Waals surface area contributed by atoms with Crippen molar-refractivity contribution >= 4 is 21.6 Å². The van der Waals surface area contributed by atoms with Crippen LogP contribution in [0.2, 0.25) is 0 Å². The van der Waals surface area contributed by atoms with Crippen molar-refractivity contribution in [3.63, 3.8) is 0 Å². The van der Waals surface area contributed by atoms with E-state index in [1.165, 1.54) is 22.3 Å². The first kappa shape index (κ1) is 21.1. The molecule has 0 fully saturated rings. The highest BCUT2D eigenvalue weighted by Gasteiger charge is 1.89. The van der Waals surface area contributed by atoms with Gasteiger partial charge >= 0.3 is 0 Å². The molecule has 0 aromatic heterocycles. The molecule has 0 atom stereocenters. The lowest BCUT2D eigenvalue weighted by atomic mass is 10.1. The van der Waals surface area contributed by atoms with E-state index in [9.17, 15) is 0 Å². The summed E-state index contributed by atoms with van der Waals surface area (Å²) >= 11 is 0.